The van der Waals surface area contributed by atoms with Crippen LogP contribution in [0.15, 0.2) is 41.5 Å². The standard InChI is InChI=1S/C19H16F7N3O2S/c1-3-13-7-8-14(32-13)15(30)29-28-10(2)11-5-4-6-12(9-11)27-16(31)17(20,21)18(22,23)19(24,25)26/h4-9H,3H2,1-2H3,(H,27,31)(H,29,30)/b28-10-. The molecule has 0 fully saturated rings. The molecule has 1 heterocycles. The molecule has 2 rings (SSSR count). The highest BCUT2D eigenvalue weighted by Crippen LogP contribution is 2.46. The van der Waals surface area contributed by atoms with Gasteiger partial charge in [0.1, 0.15) is 0 Å². The predicted octanol–water partition coefficient (Wildman–Crippen LogP) is 5.24. The van der Waals surface area contributed by atoms with E-state index in [1.54, 1.807) is 12.1 Å². The van der Waals surface area contributed by atoms with Crippen molar-refractivity contribution in [2.45, 2.75) is 38.3 Å². The molecule has 2 aromatic rings. The second-order valence-electron chi connectivity index (χ2n) is 6.44. The quantitative estimate of drug-likeness (QED) is 0.322. The van der Waals surface area contributed by atoms with E-state index in [4.69, 9.17) is 0 Å². The number of benzene rings is 1. The number of halogens is 7. The Balaban J connectivity index is 2.14. The number of alkyl halides is 7. The molecule has 0 atom stereocenters. The van der Waals surface area contributed by atoms with Gasteiger partial charge in [0, 0.05) is 10.6 Å². The number of hydrogen-bond donors (Lipinski definition) is 2. The smallest absolute Gasteiger partial charge is 0.321 e. The molecule has 13 heteroatoms. The second kappa shape index (κ2) is 9.27. The van der Waals surface area contributed by atoms with Gasteiger partial charge >= 0.3 is 23.9 Å². The number of rotatable bonds is 7. The SMILES string of the molecule is CCc1ccc(C(=O)N/N=C(/C)c2cccc(NC(=O)C(F)(F)C(F)(F)C(F)(F)F)c2)s1. The van der Waals surface area contributed by atoms with Crippen molar-refractivity contribution in [3.63, 3.8) is 0 Å². The van der Waals surface area contributed by atoms with E-state index >= 15 is 0 Å². The minimum atomic E-state index is -6.63. The zero-order valence-corrected chi connectivity index (χ0v) is 17.3. The van der Waals surface area contributed by atoms with Gasteiger partial charge in [-0.25, -0.2) is 5.43 Å². The Morgan fingerprint density at radius 1 is 1.03 bits per heavy atom. The van der Waals surface area contributed by atoms with E-state index in [0.29, 0.717) is 4.88 Å². The fourth-order valence-corrected chi connectivity index (χ4v) is 3.13. The van der Waals surface area contributed by atoms with Gasteiger partial charge in [0.25, 0.3) is 5.91 Å². The molecule has 2 amide bonds. The summed E-state index contributed by atoms with van der Waals surface area (Å²) in [5.41, 5.74) is 2.13. The molecule has 0 unspecified atom stereocenters. The lowest BCUT2D eigenvalue weighted by Crippen LogP contribution is -2.57. The Labute approximate surface area is 181 Å². The molecule has 32 heavy (non-hydrogen) atoms. The first kappa shape index (κ1) is 25.3. The van der Waals surface area contributed by atoms with Crippen LogP contribution in [0.5, 0.6) is 0 Å². The van der Waals surface area contributed by atoms with Gasteiger partial charge in [-0.1, -0.05) is 19.1 Å². The topological polar surface area (TPSA) is 70.6 Å². The van der Waals surface area contributed by atoms with E-state index in [9.17, 15) is 40.3 Å². The van der Waals surface area contributed by atoms with E-state index < -0.39 is 35.5 Å². The number of carbonyl (C=O) groups excluding carboxylic acids is 2. The van der Waals surface area contributed by atoms with Crippen LogP contribution in [0, 0.1) is 0 Å². The normalized spacial score (nSPS) is 13.1. The molecular weight excluding hydrogens is 467 g/mol. The second-order valence-corrected chi connectivity index (χ2v) is 7.61. The number of amides is 2. The average molecular weight is 483 g/mol. The summed E-state index contributed by atoms with van der Waals surface area (Å²) in [5, 5.41) is 5.19. The maximum atomic E-state index is 13.5. The number of nitrogens with one attached hydrogen (secondary N) is 2. The average Bonchev–Trinajstić information content (AvgIpc) is 3.20. The summed E-state index contributed by atoms with van der Waals surface area (Å²) in [5.74, 6) is -15.9. The molecular formula is C19H16F7N3O2S. The molecule has 2 N–H and O–H groups in total. The van der Waals surface area contributed by atoms with Gasteiger partial charge in [0.15, 0.2) is 0 Å². The number of thiophene rings is 1. The Morgan fingerprint density at radius 3 is 2.25 bits per heavy atom. The van der Waals surface area contributed by atoms with Crippen molar-refractivity contribution in [3.8, 4) is 0 Å². The first-order valence-corrected chi connectivity index (χ1v) is 9.70. The minimum Gasteiger partial charge on any atom is -0.321 e. The molecule has 1 aromatic carbocycles. The van der Waals surface area contributed by atoms with Crippen LogP contribution in [0.25, 0.3) is 0 Å². The number of hydrazone groups is 1. The van der Waals surface area contributed by atoms with Crippen LogP contribution in [0.2, 0.25) is 0 Å². The number of anilines is 1. The maximum absolute atomic E-state index is 13.5. The van der Waals surface area contributed by atoms with Crippen LogP contribution in [-0.4, -0.2) is 35.5 Å². The fraction of sp³-hybridized carbons (Fsp3) is 0.316. The van der Waals surface area contributed by atoms with Crippen LogP contribution in [0.1, 0.15) is 34.0 Å². The highest BCUT2D eigenvalue weighted by molar-refractivity contribution is 7.14. The van der Waals surface area contributed by atoms with Crippen molar-refractivity contribution in [3.05, 3.63) is 51.7 Å². The summed E-state index contributed by atoms with van der Waals surface area (Å²) in [4.78, 5) is 25.0. The van der Waals surface area contributed by atoms with Crippen molar-refractivity contribution in [1.29, 1.82) is 0 Å². The first-order valence-electron chi connectivity index (χ1n) is 8.88. The van der Waals surface area contributed by atoms with Crippen molar-refractivity contribution < 1.29 is 40.3 Å². The Kier molecular flexibility index (Phi) is 7.33. The van der Waals surface area contributed by atoms with Crippen LogP contribution in [-0.2, 0) is 11.2 Å². The summed E-state index contributed by atoms with van der Waals surface area (Å²) in [6.07, 6.45) is -5.88. The Bertz CT molecular complexity index is 1030. The molecule has 0 spiro atoms. The first-order chi connectivity index (χ1) is 14.7. The van der Waals surface area contributed by atoms with Crippen LogP contribution in [0.3, 0.4) is 0 Å². The van der Waals surface area contributed by atoms with E-state index in [2.05, 4.69) is 10.5 Å². The zero-order chi connectivity index (χ0) is 24.3. The van der Waals surface area contributed by atoms with Crippen LogP contribution in [0.4, 0.5) is 36.4 Å². The third-order valence-corrected chi connectivity index (χ3v) is 5.36. The van der Waals surface area contributed by atoms with Gasteiger partial charge < -0.3 is 5.32 Å². The largest absolute Gasteiger partial charge is 0.460 e. The van der Waals surface area contributed by atoms with Crippen molar-refractivity contribution >= 4 is 34.6 Å². The number of nitrogens with zero attached hydrogens (tertiary/aromatic N) is 1. The van der Waals surface area contributed by atoms with Crippen LogP contribution < -0.4 is 10.7 Å². The Hall–Kier alpha value is -2.96. The molecule has 174 valence electrons. The van der Waals surface area contributed by atoms with Gasteiger partial charge in [0.2, 0.25) is 0 Å². The van der Waals surface area contributed by atoms with Gasteiger partial charge in [-0.2, -0.15) is 35.8 Å². The molecule has 0 aliphatic carbocycles. The highest BCUT2D eigenvalue weighted by atomic mass is 32.1. The van der Waals surface area contributed by atoms with Crippen molar-refractivity contribution in [2.75, 3.05) is 5.32 Å². The van der Waals surface area contributed by atoms with Crippen molar-refractivity contribution in [1.82, 2.24) is 5.43 Å². The highest BCUT2D eigenvalue weighted by Gasteiger charge is 2.76. The predicted molar refractivity (Wildman–Crippen MR) is 104 cm³/mol. The van der Waals surface area contributed by atoms with Gasteiger partial charge in [-0.3, -0.25) is 9.59 Å². The lowest BCUT2D eigenvalue weighted by atomic mass is 10.1. The summed E-state index contributed by atoms with van der Waals surface area (Å²) in [7, 11) is 0. The molecule has 0 aliphatic rings. The lowest BCUT2D eigenvalue weighted by Gasteiger charge is -2.27. The van der Waals surface area contributed by atoms with E-state index in [-0.39, 0.29) is 11.3 Å². The monoisotopic (exact) mass is 483 g/mol. The van der Waals surface area contributed by atoms with E-state index in [1.807, 2.05) is 6.92 Å². The number of aryl methyl sites for hydroxylation is 1. The molecule has 0 saturated carbocycles. The molecule has 0 saturated heterocycles. The third kappa shape index (κ3) is 5.26. The minimum absolute atomic E-state index is 0.147. The van der Waals surface area contributed by atoms with Gasteiger partial charge in [0.05, 0.1) is 10.6 Å². The molecule has 5 nitrogen and oxygen atoms in total. The molecule has 0 radical (unpaired) electrons. The molecule has 0 aliphatic heterocycles. The third-order valence-electron chi connectivity index (χ3n) is 4.13. The number of hydrogen-bond acceptors (Lipinski definition) is 4. The van der Waals surface area contributed by atoms with E-state index in [0.717, 1.165) is 23.4 Å². The zero-order valence-electron chi connectivity index (χ0n) is 16.5. The molecule has 0 bridgehead atoms. The molecule has 1 aromatic heterocycles. The summed E-state index contributed by atoms with van der Waals surface area (Å²) >= 11 is 1.26. The lowest BCUT2D eigenvalue weighted by molar-refractivity contribution is -0.343. The van der Waals surface area contributed by atoms with Crippen molar-refractivity contribution in [2.24, 2.45) is 5.10 Å². The van der Waals surface area contributed by atoms with Gasteiger partial charge in [-0.15, -0.1) is 11.3 Å². The summed E-state index contributed by atoms with van der Waals surface area (Å²) in [6, 6.07) is 8.03. The summed E-state index contributed by atoms with van der Waals surface area (Å²) < 4.78 is 89.7. The van der Waals surface area contributed by atoms with Gasteiger partial charge in [-0.05, 0) is 43.2 Å². The maximum Gasteiger partial charge on any atom is 0.460 e. The Morgan fingerprint density at radius 2 is 1.69 bits per heavy atom. The van der Waals surface area contributed by atoms with E-state index in [1.165, 1.54) is 35.7 Å². The fourth-order valence-electron chi connectivity index (χ4n) is 2.30. The summed E-state index contributed by atoms with van der Waals surface area (Å²) in [6.45, 7) is 3.33. The number of carbonyl (C=O) groups is 2. The van der Waals surface area contributed by atoms with Crippen LogP contribution >= 0.6 is 11.3 Å².